The van der Waals surface area contributed by atoms with Gasteiger partial charge in [0, 0.05) is 6.04 Å². The molecule has 1 heterocycles. The van der Waals surface area contributed by atoms with E-state index < -0.39 is 0 Å². The lowest BCUT2D eigenvalue weighted by molar-refractivity contribution is -0.132. The zero-order valence-electron chi connectivity index (χ0n) is 9.66. The average molecular weight is 214 g/mol. The van der Waals surface area contributed by atoms with E-state index in [4.69, 9.17) is 10.5 Å². The van der Waals surface area contributed by atoms with E-state index in [1.54, 1.807) is 0 Å². The second-order valence-electron chi connectivity index (χ2n) is 4.35. The Morgan fingerprint density at radius 2 is 2.33 bits per heavy atom. The van der Waals surface area contributed by atoms with E-state index in [0.717, 1.165) is 25.7 Å². The summed E-state index contributed by atoms with van der Waals surface area (Å²) >= 11 is 0. The van der Waals surface area contributed by atoms with Crippen LogP contribution in [0.3, 0.4) is 0 Å². The molecule has 0 spiro atoms. The first-order chi connectivity index (χ1) is 7.13. The first-order valence-corrected chi connectivity index (χ1v) is 5.79. The van der Waals surface area contributed by atoms with Crippen molar-refractivity contribution in [2.45, 2.75) is 57.8 Å². The van der Waals surface area contributed by atoms with Gasteiger partial charge >= 0.3 is 0 Å². The van der Waals surface area contributed by atoms with E-state index in [2.05, 4.69) is 5.32 Å². The number of carbonyl (C=O) groups excluding carboxylic acids is 1. The second kappa shape index (κ2) is 6.08. The number of hydrogen-bond acceptors (Lipinski definition) is 3. The Balaban J connectivity index is 2.23. The van der Waals surface area contributed by atoms with E-state index in [-0.39, 0.29) is 24.2 Å². The lowest BCUT2D eigenvalue weighted by Gasteiger charge is -2.16. The molecule has 4 nitrogen and oxygen atoms in total. The molecular weight excluding hydrogens is 192 g/mol. The molecule has 4 heteroatoms. The molecule has 0 aromatic carbocycles. The van der Waals surface area contributed by atoms with Gasteiger partial charge in [-0.3, -0.25) is 4.79 Å². The van der Waals surface area contributed by atoms with Crippen LogP contribution >= 0.6 is 0 Å². The van der Waals surface area contributed by atoms with E-state index in [1.807, 2.05) is 13.8 Å². The smallest absolute Gasteiger partial charge is 0.249 e. The maximum Gasteiger partial charge on any atom is 0.249 e. The number of rotatable bonds is 5. The summed E-state index contributed by atoms with van der Waals surface area (Å²) in [5.41, 5.74) is 5.41. The van der Waals surface area contributed by atoms with E-state index >= 15 is 0 Å². The number of ether oxygens (including phenoxy) is 1. The Bertz CT molecular complexity index is 209. The number of nitrogens with two attached hydrogens (primary N) is 1. The summed E-state index contributed by atoms with van der Waals surface area (Å²) in [6.07, 6.45) is 3.69. The molecule has 0 aromatic heterocycles. The van der Waals surface area contributed by atoms with Gasteiger partial charge < -0.3 is 15.8 Å². The van der Waals surface area contributed by atoms with Crippen LogP contribution in [0, 0.1) is 0 Å². The zero-order chi connectivity index (χ0) is 11.3. The molecule has 1 aliphatic heterocycles. The van der Waals surface area contributed by atoms with E-state index in [9.17, 15) is 4.79 Å². The molecule has 88 valence electrons. The first kappa shape index (κ1) is 12.5. The Hall–Kier alpha value is -0.610. The van der Waals surface area contributed by atoms with Gasteiger partial charge in [0.2, 0.25) is 5.91 Å². The molecule has 0 bridgehead atoms. The van der Waals surface area contributed by atoms with E-state index in [0.29, 0.717) is 6.54 Å². The summed E-state index contributed by atoms with van der Waals surface area (Å²) in [7, 11) is 0. The van der Waals surface area contributed by atoms with Crippen LogP contribution in [-0.2, 0) is 9.53 Å². The van der Waals surface area contributed by atoms with Crippen molar-refractivity contribution in [3.63, 3.8) is 0 Å². The highest BCUT2D eigenvalue weighted by atomic mass is 16.5. The molecule has 1 rings (SSSR count). The zero-order valence-corrected chi connectivity index (χ0v) is 9.66. The van der Waals surface area contributed by atoms with Crippen molar-refractivity contribution in [3.8, 4) is 0 Å². The van der Waals surface area contributed by atoms with Crippen LogP contribution in [0.1, 0.15) is 39.5 Å². The fraction of sp³-hybridized carbons (Fsp3) is 0.909. The standard InChI is InChI=1S/C11H22N2O2/c1-8(4-3-7-12)13-11(14)10-6-5-9(2)15-10/h8-10H,3-7,12H2,1-2H3,(H,13,14). The van der Waals surface area contributed by atoms with Gasteiger partial charge in [0.05, 0.1) is 6.10 Å². The topological polar surface area (TPSA) is 64.3 Å². The number of nitrogens with one attached hydrogen (secondary N) is 1. The second-order valence-corrected chi connectivity index (χ2v) is 4.35. The molecule has 15 heavy (non-hydrogen) atoms. The van der Waals surface area contributed by atoms with Crippen molar-refractivity contribution in [1.29, 1.82) is 0 Å². The van der Waals surface area contributed by atoms with Gasteiger partial charge in [-0.1, -0.05) is 0 Å². The highest BCUT2D eigenvalue weighted by molar-refractivity contribution is 5.81. The van der Waals surface area contributed by atoms with Crippen LogP contribution < -0.4 is 11.1 Å². The average Bonchev–Trinajstić information content (AvgIpc) is 2.61. The van der Waals surface area contributed by atoms with Gasteiger partial charge in [0.25, 0.3) is 0 Å². The highest BCUT2D eigenvalue weighted by Crippen LogP contribution is 2.19. The maximum absolute atomic E-state index is 11.7. The van der Waals surface area contributed by atoms with Crippen molar-refractivity contribution in [1.82, 2.24) is 5.32 Å². The largest absolute Gasteiger partial charge is 0.365 e. The summed E-state index contributed by atoms with van der Waals surface area (Å²) in [4.78, 5) is 11.7. The molecule has 0 radical (unpaired) electrons. The molecule has 3 unspecified atom stereocenters. The molecule has 0 aliphatic carbocycles. The molecular formula is C11H22N2O2. The Morgan fingerprint density at radius 3 is 2.87 bits per heavy atom. The summed E-state index contributed by atoms with van der Waals surface area (Å²) in [5, 5.41) is 2.96. The van der Waals surface area contributed by atoms with Crippen molar-refractivity contribution in [2.24, 2.45) is 5.73 Å². The van der Waals surface area contributed by atoms with Gasteiger partial charge in [0.1, 0.15) is 6.10 Å². The molecule has 3 N–H and O–H groups in total. The van der Waals surface area contributed by atoms with Gasteiger partial charge in [-0.2, -0.15) is 0 Å². The van der Waals surface area contributed by atoms with Crippen LogP contribution in [0.15, 0.2) is 0 Å². The van der Waals surface area contributed by atoms with Crippen molar-refractivity contribution in [2.75, 3.05) is 6.54 Å². The molecule has 1 fully saturated rings. The number of amides is 1. The number of carbonyl (C=O) groups is 1. The van der Waals surface area contributed by atoms with Gasteiger partial charge in [-0.05, 0) is 46.1 Å². The molecule has 1 amide bonds. The van der Waals surface area contributed by atoms with Gasteiger partial charge in [-0.15, -0.1) is 0 Å². The summed E-state index contributed by atoms with van der Waals surface area (Å²) < 4.78 is 5.49. The van der Waals surface area contributed by atoms with Crippen LogP contribution in [0.25, 0.3) is 0 Å². The van der Waals surface area contributed by atoms with E-state index in [1.165, 1.54) is 0 Å². The van der Waals surface area contributed by atoms with Crippen LogP contribution in [0.5, 0.6) is 0 Å². The monoisotopic (exact) mass is 214 g/mol. The molecule has 1 saturated heterocycles. The highest BCUT2D eigenvalue weighted by Gasteiger charge is 2.28. The quantitative estimate of drug-likeness (QED) is 0.711. The minimum absolute atomic E-state index is 0.0314. The van der Waals surface area contributed by atoms with Gasteiger partial charge in [-0.25, -0.2) is 0 Å². The molecule has 0 saturated carbocycles. The minimum atomic E-state index is -0.236. The summed E-state index contributed by atoms with van der Waals surface area (Å²) in [6.45, 7) is 4.69. The maximum atomic E-state index is 11.7. The molecule has 3 atom stereocenters. The third-order valence-corrected chi connectivity index (χ3v) is 2.75. The van der Waals surface area contributed by atoms with Crippen LogP contribution in [-0.4, -0.2) is 30.7 Å². The normalized spacial score (nSPS) is 27.7. The summed E-state index contributed by atoms with van der Waals surface area (Å²) in [6, 6.07) is 0.195. The first-order valence-electron chi connectivity index (χ1n) is 5.79. The third-order valence-electron chi connectivity index (χ3n) is 2.75. The van der Waals surface area contributed by atoms with Crippen molar-refractivity contribution in [3.05, 3.63) is 0 Å². The lowest BCUT2D eigenvalue weighted by atomic mass is 10.1. The predicted octanol–water partition coefficient (Wildman–Crippen LogP) is 0.797. The Morgan fingerprint density at radius 1 is 1.60 bits per heavy atom. The fourth-order valence-corrected chi connectivity index (χ4v) is 1.83. The Kier molecular flexibility index (Phi) is 5.05. The predicted molar refractivity (Wildman–Crippen MR) is 59.5 cm³/mol. The van der Waals surface area contributed by atoms with Crippen molar-refractivity contribution < 1.29 is 9.53 Å². The Labute approximate surface area is 91.5 Å². The SMILES string of the molecule is CC(CCCN)NC(=O)C1CCC(C)O1. The minimum Gasteiger partial charge on any atom is -0.365 e. The van der Waals surface area contributed by atoms with Crippen molar-refractivity contribution >= 4 is 5.91 Å². The third kappa shape index (κ3) is 4.18. The number of hydrogen-bond donors (Lipinski definition) is 2. The van der Waals surface area contributed by atoms with Crippen LogP contribution in [0.2, 0.25) is 0 Å². The fourth-order valence-electron chi connectivity index (χ4n) is 1.83. The van der Waals surface area contributed by atoms with Crippen LogP contribution in [0.4, 0.5) is 0 Å². The lowest BCUT2D eigenvalue weighted by Crippen LogP contribution is -2.40. The molecule has 1 aliphatic rings. The molecule has 0 aromatic rings. The van der Waals surface area contributed by atoms with Gasteiger partial charge in [0.15, 0.2) is 0 Å². The summed E-state index contributed by atoms with van der Waals surface area (Å²) in [5.74, 6) is 0.0314.